The lowest BCUT2D eigenvalue weighted by Crippen LogP contribution is -2.53. The van der Waals surface area contributed by atoms with E-state index in [0.717, 1.165) is 4.31 Å². The minimum absolute atomic E-state index is 0.00552. The van der Waals surface area contributed by atoms with E-state index < -0.39 is 34.4 Å². The summed E-state index contributed by atoms with van der Waals surface area (Å²) < 4.78 is 45.8. The molecule has 10 nitrogen and oxygen atoms in total. The first kappa shape index (κ1) is 37.1. The Hall–Kier alpha value is -3.38. The van der Waals surface area contributed by atoms with Gasteiger partial charge in [-0.1, -0.05) is 54.7 Å². The van der Waals surface area contributed by atoms with Crippen molar-refractivity contribution < 1.29 is 32.2 Å². The van der Waals surface area contributed by atoms with Crippen LogP contribution in [0.2, 0.25) is 15.1 Å². The second kappa shape index (κ2) is 16.4. The van der Waals surface area contributed by atoms with Crippen molar-refractivity contribution in [1.82, 2.24) is 10.2 Å². The largest absolute Gasteiger partial charge is 0.495 e. The number of halogens is 3. The van der Waals surface area contributed by atoms with Crippen LogP contribution in [-0.4, -0.2) is 65.1 Å². The fraction of sp³-hybridized carbons (Fsp3) is 0.375. The number of hydrogen-bond acceptors (Lipinski definition) is 7. The molecule has 0 bridgehead atoms. The number of benzene rings is 3. The van der Waals surface area contributed by atoms with E-state index in [4.69, 9.17) is 49.0 Å². The highest BCUT2D eigenvalue weighted by atomic mass is 35.5. The number of hydrogen-bond donors (Lipinski definition) is 1. The van der Waals surface area contributed by atoms with Crippen molar-refractivity contribution in [3.63, 3.8) is 0 Å². The fourth-order valence-electron chi connectivity index (χ4n) is 4.69. The second-order valence-electron chi connectivity index (χ2n) is 10.3. The molecular formula is C32H38Cl3N3O7S. The van der Waals surface area contributed by atoms with Crippen LogP contribution in [0.4, 0.5) is 5.69 Å². The van der Waals surface area contributed by atoms with Gasteiger partial charge in [-0.25, -0.2) is 8.42 Å². The zero-order valence-corrected chi connectivity index (χ0v) is 29.6. The third kappa shape index (κ3) is 8.50. The molecule has 0 radical (unpaired) electrons. The van der Waals surface area contributed by atoms with Crippen LogP contribution in [0.1, 0.15) is 39.2 Å². The van der Waals surface area contributed by atoms with Gasteiger partial charge in [0.25, 0.3) is 10.0 Å². The maximum atomic E-state index is 14.4. The van der Waals surface area contributed by atoms with E-state index in [1.807, 2.05) is 13.8 Å². The number of carbonyl (C=O) groups excluding carboxylic acids is 2. The molecule has 0 heterocycles. The lowest BCUT2D eigenvalue weighted by molar-refractivity contribution is -0.140. The van der Waals surface area contributed by atoms with Gasteiger partial charge in [0.2, 0.25) is 11.8 Å². The highest BCUT2D eigenvalue weighted by Gasteiger charge is 2.36. The third-order valence-corrected chi connectivity index (χ3v) is 10.1. The van der Waals surface area contributed by atoms with Crippen LogP contribution in [0, 0.1) is 0 Å². The molecule has 3 aromatic rings. The van der Waals surface area contributed by atoms with E-state index in [1.165, 1.54) is 62.6 Å². The Morgan fingerprint density at radius 3 is 2.02 bits per heavy atom. The Labute approximate surface area is 285 Å². The van der Waals surface area contributed by atoms with E-state index in [9.17, 15) is 18.0 Å². The summed E-state index contributed by atoms with van der Waals surface area (Å²) in [6.07, 6.45) is 0.886. The quantitative estimate of drug-likeness (QED) is 0.189. The maximum absolute atomic E-state index is 14.4. The SMILES string of the molecule is CC[C@H](C)NC(=O)[C@H](CC)N(Cc1c(Cl)cccc1Cl)C(=O)CN(c1cc(Cl)ccc1OC)S(=O)(=O)c1ccc(OC)c(OC)c1. The Morgan fingerprint density at radius 1 is 0.848 bits per heavy atom. The summed E-state index contributed by atoms with van der Waals surface area (Å²) in [4.78, 5) is 29.1. The molecule has 14 heteroatoms. The average Bonchev–Trinajstić information content (AvgIpc) is 3.04. The molecule has 0 aliphatic heterocycles. The van der Waals surface area contributed by atoms with Crippen molar-refractivity contribution in [3.8, 4) is 17.2 Å². The molecule has 2 atom stereocenters. The molecule has 1 N–H and O–H groups in total. The highest BCUT2D eigenvalue weighted by Crippen LogP contribution is 2.37. The summed E-state index contributed by atoms with van der Waals surface area (Å²) in [6, 6.07) is 12.2. The average molecular weight is 715 g/mol. The van der Waals surface area contributed by atoms with Gasteiger partial charge in [0.1, 0.15) is 18.3 Å². The first-order valence-corrected chi connectivity index (χ1v) is 17.0. The minimum atomic E-state index is -4.50. The molecule has 0 aliphatic rings. The molecular weight excluding hydrogens is 677 g/mol. The van der Waals surface area contributed by atoms with Gasteiger partial charge in [-0.2, -0.15) is 0 Å². The van der Waals surface area contributed by atoms with Gasteiger partial charge in [0, 0.05) is 39.3 Å². The number of sulfonamides is 1. The predicted octanol–water partition coefficient (Wildman–Crippen LogP) is 6.59. The van der Waals surface area contributed by atoms with Crippen LogP contribution in [0.25, 0.3) is 0 Å². The Kier molecular flexibility index (Phi) is 13.3. The van der Waals surface area contributed by atoms with Crippen LogP contribution >= 0.6 is 34.8 Å². The number of carbonyl (C=O) groups is 2. The summed E-state index contributed by atoms with van der Waals surface area (Å²) in [6.45, 7) is 4.63. The van der Waals surface area contributed by atoms with Crippen LogP contribution < -0.4 is 23.8 Å². The molecule has 0 aliphatic carbocycles. The van der Waals surface area contributed by atoms with Gasteiger partial charge in [-0.3, -0.25) is 13.9 Å². The summed E-state index contributed by atoms with van der Waals surface area (Å²) in [7, 11) is -0.323. The van der Waals surface area contributed by atoms with Gasteiger partial charge in [0.05, 0.1) is 31.9 Å². The Morgan fingerprint density at radius 2 is 1.46 bits per heavy atom. The molecule has 250 valence electrons. The third-order valence-electron chi connectivity index (χ3n) is 7.41. The summed E-state index contributed by atoms with van der Waals surface area (Å²) in [5, 5.41) is 3.70. The lowest BCUT2D eigenvalue weighted by atomic mass is 10.1. The molecule has 0 spiro atoms. The van der Waals surface area contributed by atoms with E-state index in [2.05, 4.69) is 5.32 Å². The molecule has 0 fully saturated rings. The topological polar surface area (TPSA) is 114 Å². The standard InChI is InChI=1S/C32H38Cl3N3O7S/c1-7-20(3)36-32(40)26(8-2)37(18-23-24(34)10-9-11-25(23)35)31(39)19-38(27-16-21(33)12-14-28(27)43-4)46(41,42)22-13-15-29(44-5)30(17-22)45-6/h9-17,20,26H,7-8,18-19H2,1-6H3,(H,36,40)/t20-,26-/m0/s1. The normalized spacial score (nSPS) is 12.5. The first-order valence-electron chi connectivity index (χ1n) is 14.4. The Balaban J connectivity index is 2.21. The van der Waals surface area contributed by atoms with Crippen molar-refractivity contribution in [2.24, 2.45) is 0 Å². The lowest BCUT2D eigenvalue weighted by Gasteiger charge is -2.34. The molecule has 46 heavy (non-hydrogen) atoms. The van der Waals surface area contributed by atoms with E-state index in [-0.39, 0.29) is 56.2 Å². The molecule has 3 rings (SSSR count). The van der Waals surface area contributed by atoms with Crippen molar-refractivity contribution in [2.75, 3.05) is 32.2 Å². The van der Waals surface area contributed by atoms with Gasteiger partial charge >= 0.3 is 0 Å². The smallest absolute Gasteiger partial charge is 0.265 e. The van der Waals surface area contributed by atoms with Crippen molar-refractivity contribution in [3.05, 3.63) is 75.2 Å². The summed E-state index contributed by atoms with van der Waals surface area (Å²) in [5.74, 6) is -0.485. The molecule has 0 saturated heterocycles. The highest BCUT2D eigenvalue weighted by molar-refractivity contribution is 7.92. The van der Waals surface area contributed by atoms with Crippen LogP contribution in [-0.2, 0) is 26.2 Å². The van der Waals surface area contributed by atoms with Gasteiger partial charge in [-0.05, 0) is 62.2 Å². The first-order chi connectivity index (χ1) is 21.8. The number of methoxy groups -OCH3 is 3. The number of amides is 2. The van der Waals surface area contributed by atoms with E-state index in [0.29, 0.717) is 17.7 Å². The van der Waals surface area contributed by atoms with Gasteiger partial charge in [-0.15, -0.1) is 0 Å². The van der Waals surface area contributed by atoms with Crippen LogP contribution in [0.5, 0.6) is 17.2 Å². The Bertz CT molecular complexity index is 1640. The minimum Gasteiger partial charge on any atom is -0.495 e. The van der Waals surface area contributed by atoms with Gasteiger partial charge in [0.15, 0.2) is 11.5 Å². The number of nitrogens with one attached hydrogen (secondary N) is 1. The monoisotopic (exact) mass is 713 g/mol. The van der Waals surface area contributed by atoms with Gasteiger partial charge < -0.3 is 24.4 Å². The zero-order valence-electron chi connectivity index (χ0n) is 26.5. The van der Waals surface area contributed by atoms with Crippen LogP contribution in [0.15, 0.2) is 59.5 Å². The number of rotatable bonds is 15. The molecule has 3 aromatic carbocycles. The zero-order chi connectivity index (χ0) is 34.2. The maximum Gasteiger partial charge on any atom is 0.265 e. The van der Waals surface area contributed by atoms with Crippen molar-refractivity contribution >= 4 is 62.3 Å². The molecule has 0 unspecified atom stereocenters. The molecule has 0 saturated carbocycles. The summed E-state index contributed by atoms with van der Waals surface area (Å²) in [5.41, 5.74) is 0.412. The number of nitrogens with zero attached hydrogens (tertiary/aromatic N) is 2. The van der Waals surface area contributed by atoms with E-state index >= 15 is 0 Å². The van der Waals surface area contributed by atoms with E-state index in [1.54, 1.807) is 25.1 Å². The van der Waals surface area contributed by atoms with Crippen LogP contribution in [0.3, 0.4) is 0 Å². The van der Waals surface area contributed by atoms with Crippen molar-refractivity contribution in [1.29, 1.82) is 0 Å². The number of anilines is 1. The van der Waals surface area contributed by atoms with Crippen molar-refractivity contribution in [2.45, 2.75) is 57.1 Å². The predicted molar refractivity (Wildman–Crippen MR) is 181 cm³/mol. The molecule has 0 aromatic heterocycles. The summed E-state index contributed by atoms with van der Waals surface area (Å²) >= 11 is 19.3. The fourth-order valence-corrected chi connectivity index (χ4v) is 6.81. The molecule has 2 amide bonds. The second-order valence-corrected chi connectivity index (χ2v) is 13.4. The number of ether oxygens (including phenoxy) is 3.